The number of piperazine rings is 1. The second kappa shape index (κ2) is 4.90. The molecule has 1 aliphatic rings. The van der Waals surface area contributed by atoms with E-state index >= 15 is 0 Å². The highest BCUT2D eigenvalue weighted by Gasteiger charge is 2.43. The molecule has 92 valence electrons. The van der Waals surface area contributed by atoms with Gasteiger partial charge in [-0.05, 0) is 0 Å². The Kier molecular flexibility index (Phi) is 4.01. The molecule has 1 heterocycles. The number of nitrogens with zero attached hydrogens (tertiary/aromatic N) is 2. The van der Waals surface area contributed by atoms with Crippen LogP contribution in [0.3, 0.4) is 0 Å². The maximum Gasteiger partial charge on any atom is 0.471 e. The van der Waals surface area contributed by atoms with Gasteiger partial charge in [-0.25, -0.2) is 0 Å². The molecule has 0 saturated carbocycles. The standard InChI is InChI=1S/C8H10ClF3N2O2/c9-5-6(15)13-1-3-14(4-2-13)7(16)8(10,11)12/h1-5H2. The lowest BCUT2D eigenvalue weighted by Crippen LogP contribution is -2.53. The second-order valence-corrected chi connectivity index (χ2v) is 3.57. The van der Waals surface area contributed by atoms with Crippen molar-refractivity contribution in [1.82, 2.24) is 9.80 Å². The third kappa shape index (κ3) is 3.01. The Bertz CT molecular complexity index is 287. The van der Waals surface area contributed by atoms with Gasteiger partial charge in [-0.1, -0.05) is 0 Å². The van der Waals surface area contributed by atoms with Crippen molar-refractivity contribution in [2.24, 2.45) is 0 Å². The molecule has 0 aromatic carbocycles. The minimum atomic E-state index is -4.85. The molecule has 0 spiro atoms. The summed E-state index contributed by atoms with van der Waals surface area (Å²) in [6, 6.07) is 0. The van der Waals surface area contributed by atoms with Crippen LogP contribution in [0.1, 0.15) is 0 Å². The summed E-state index contributed by atoms with van der Waals surface area (Å²) in [5, 5.41) is 0. The van der Waals surface area contributed by atoms with E-state index in [-0.39, 0.29) is 38.0 Å². The van der Waals surface area contributed by atoms with E-state index in [2.05, 4.69) is 0 Å². The van der Waals surface area contributed by atoms with Crippen LogP contribution < -0.4 is 0 Å². The number of carbonyl (C=O) groups excluding carboxylic acids is 2. The largest absolute Gasteiger partial charge is 0.471 e. The van der Waals surface area contributed by atoms with Gasteiger partial charge in [-0.15, -0.1) is 11.6 Å². The predicted octanol–water partition coefficient (Wildman–Crippen LogP) is 0.458. The van der Waals surface area contributed by atoms with Crippen LogP contribution in [0.5, 0.6) is 0 Å². The summed E-state index contributed by atoms with van der Waals surface area (Å²) in [7, 11) is 0. The van der Waals surface area contributed by atoms with Crippen molar-refractivity contribution in [3.8, 4) is 0 Å². The van der Waals surface area contributed by atoms with Crippen molar-refractivity contribution in [3.05, 3.63) is 0 Å². The quantitative estimate of drug-likeness (QED) is 0.641. The first-order chi connectivity index (χ1) is 7.36. The Morgan fingerprint density at radius 2 is 1.50 bits per heavy atom. The van der Waals surface area contributed by atoms with Crippen molar-refractivity contribution in [1.29, 1.82) is 0 Å². The molecule has 4 nitrogen and oxygen atoms in total. The van der Waals surface area contributed by atoms with E-state index in [4.69, 9.17) is 11.6 Å². The first-order valence-electron chi connectivity index (χ1n) is 4.56. The van der Waals surface area contributed by atoms with Crippen molar-refractivity contribution >= 4 is 23.4 Å². The molecule has 2 amide bonds. The van der Waals surface area contributed by atoms with E-state index in [1.807, 2.05) is 0 Å². The minimum Gasteiger partial charge on any atom is -0.338 e. The van der Waals surface area contributed by atoms with Gasteiger partial charge in [0, 0.05) is 26.2 Å². The molecular formula is C8H10ClF3N2O2. The zero-order valence-corrected chi connectivity index (χ0v) is 9.01. The lowest BCUT2D eigenvalue weighted by atomic mass is 10.3. The molecular weight excluding hydrogens is 249 g/mol. The number of alkyl halides is 4. The Balaban J connectivity index is 2.49. The van der Waals surface area contributed by atoms with Gasteiger partial charge < -0.3 is 9.80 Å². The van der Waals surface area contributed by atoms with Crippen LogP contribution in [-0.2, 0) is 9.59 Å². The average Bonchev–Trinajstić information content (AvgIpc) is 2.26. The molecule has 0 radical (unpaired) electrons. The Morgan fingerprint density at radius 3 is 1.88 bits per heavy atom. The number of amides is 2. The lowest BCUT2D eigenvalue weighted by Gasteiger charge is -2.34. The molecule has 1 fully saturated rings. The zero-order valence-electron chi connectivity index (χ0n) is 8.26. The normalized spacial score (nSPS) is 17.5. The van der Waals surface area contributed by atoms with Gasteiger partial charge in [-0.3, -0.25) is 9.59 Å². The van der Waals surface area contributed by atoms with Crippen molar-refractivity contribution in [2.75, 3.05) is 32.1 Å². The highest BCUT2D eigenvalue weighted by Crippen LogP contribution is 2.19. The molecule has 0 unspecified atom stereocenters. The van der Waals surface area contributed by atoms with Gasteiger partial charge in [0.1, 0.15) is 5.88 Å². The van der Waals surface area contributed by atoms with E-state index in [0.717, 1.165) is 0 Å². The van der Waals surface area contributed by atoms with Crippen LogP contribution in [0.25, 0.3) is 0 Å². The smallest absolute Gasteiger partial charge is 0.338 e. The SMILES string of the molecule is O=C(CCl)N1CCN(C(=O)C(F)(F)F)CC1. The van der Waals surface area contributed by atoms with Gasteiger partial charge in [0.25, 0.3) is 0 Å². The topological polar surface area (TPSA) is 40.6 Å². The van der Waals surface area contributed by atoms with Gasteiger partial charge in [0.15, 0.2) is 0 Å². The Hall–Kier alpha value is -0.980. The van der Waals surface area contributed by atoms with Gasteiger partial charge in [0.2, 0.25) is 5.91 Å². The van der Waals surface area contributed by atoms with Crippen LogP contribution in [0.2, 0.25) is 0 Å². The number of hydrogen-bond acceptors (Lipinski definition) is 2. The van der Waals surface area contributed by atoms with Crippen LogP contribution in [-0.4, -0.2) is 59.8 Å². The van der Waals surface area contributed by atoms with Crippen molar-refractivity contribution < 1.29 is 22.8 Å². The van der Waals surface area contributed by atoms with Crippen LogP contribution in [0.15, 0.2) is 0 Å². The maximum absolute atomic E-state index is 12.1. The molecule has 0 N–H and O–H groups in total. The maximum atomic E-state index is 12.1. The fourth-order valence-corrected chi connectivity index (χ4v) is 1.59. The Morgan fingerprint density at radius 1 is 1.06 bits per heavy atom. The van der Waals surface area contributed by atoms with Gasteiger partial charge >= 0.3 is 12.1 Å². The molecule has 0 atom stereocenters. The molecule has 0 aromatic heterocycles. The zero-order chi connectivity index (χ0) is 12.3. The second-order valence-electron chi connectivity index (χ2n) is 3.30. The van der Waals surface area contributed by atoms with E-state index in [1.54, 1.807) is 0 Å². The average molecular weight is 259 g/mol. The molecule has 0 aliphatic carbocycles. The molecule has 1 saturated heterocycles. The first kappa shape index (κ1) is 13.1. The van der Waals surface area contributed by atoms with Gasteiger partial charge in [-0.2, -0.15) is 13.2 Å². The molecule has 0 bridgehead atoms. The molecule has 1 aliphatic heterocycles. The first-order valence-corrected chi connectivity index (χ1v) is 5.09. The van der Waals surface area contributed by atoms with E-state index in [9.17, 15) is 22.8 Å². The molecule has 16 heavy (non-hydrogen) atoms. The molecule has 1 rings (SSSR count). The summed E-state index contributed by atoms with van der Waals surface area (Å²) < 4.78 is 36.2. The summed E-state index contributed by atoms with van der Waals surface area (Å²) in [6.07, 6.45) is -4.85. The number of rotatable bonds is 1. The van der Waals surface area contributed by atoms with Crippen LogP contribution in [0.4, 0.5) is 13.2 Å². The predicted molar refractivity (Wildman–Crippen MR) is 49.9 cm³/mol. The fraction of sp³-hybridized carbons (Fsp3) is 0.750. The lowest BCUT2D eigenvalue weighted by molar-refractivity contribution is -0.187. The highest BCUT2D eigenvalue weighted by atomic mass is 35.5. The summed E-state index contributed by atoms with van der Waals surface area (Å²) in [4.78, 5) is 24.0. The summed E-state index contributed by atoms with van der Waals surface area (Å²) in [5.74, 6) is -2.39. The van der Waals surface area contributed by atoms with Crippen molar-refractivity contribution in [3.63, 3.8) is 0 Å². The molecule has 8 heteroatoms. The minimum absolute atomic E-state index is 0.0906. The van der Waals surface area contributed by atoms with Crippen LogP contribution in [0, 0.1) is 0 Å². The monoisotopic (exact) mass is 258 g/mol. The van der Waals surface area contributed by atoms with E-state index < -0.39 is 12.1 Å². The van der Waals surface area contributed by atoms with E-state index in [1.165, 1.54) is 4.90 Å². The van der Waals surface area contributed by atoms with Gasteiger partial charge in [0.05, 0.1) is 0 Å². The number of halogens is 4. The number of hydrogen-bond donors (Lipinski definition) is 0. The summed E-state index contributed by atoms with van der Waals surface area (Å²) >= 11 is 5.31. The summed E-state index contributed by atoms with van der Waals surface area (Å²) in [5.41, 5.74) is 0. The number of carbonyl (C=O) groups is 2. The summed E-state index contributed by atoms with van der Waals surface area (Å²) in [6.45, 7) is -0.0390. The van der Waals surface area contributed by atoms with E-state index in [0.29, 0.717) is 4.90 Å². The van der Waals surface area contributed by atoms with Crippen LogP contribution >= 0.6 is 11.6 Å². The Labute approximate surface area is 94.9 Å². The van der Waals surface area contributed by atoms with Crippen molar-refractivity contribution in [2.45, 2.75) is 6.18 Å². The highest BCUT2D eigenvalue weighted by molar-refractivity contribution is 6.27. The third-order valence-corrected chi connectivity index (χ3v) is 2.51. The fourth-order valence-electron chi connectivity index (χ4n) is 1.42. The molecule has 0 aromatic rings. The third-order valence-electron chi connectivity index (χ3n) is 2.28.